The van der Waals surface area contributed by atoms with Gasteiger partial charge in [-0.25, -0.2) is 0 Å². The highest BCUT2D eigenvalue weighted by Gasteiger charge is 2.36. The summed E-state index contributed by atoms with van der Waals surface area (Å²) in [7, 11) is 0. The first-order chi connectivity index (χ1) is 9.25. The van der Waals surface area contributed by atoms with Gasteiger partial charge in [0, 0.05) is 24.7 Å². The molecule has 3 heterocycles. The highest BCUT2D eigenvalue weighted by atomic mass is 16.2. The number of aromatic amines is 1. The number of hydrogen-bond acceptors (Lipinski definition) is 3. The van der Waals surface area contributed by atoms with Crippen molar-refractivity contribution in [1.82, 2.24) is 15.2 Å². The molecule has 0 aromatic carbocycles. The molecule has 102 valence electrons. The van der Waals surface area contributed by atoms with Gasteiger partial charge in [0.2, 0.25) is 5.56 Å². The molecular formula is C14H19N3O2. The molecule has 2 N–H and O–H groups in total. The number of aromatic nitrogens is 1. The third kappa shape index (κ3) is 2.42. The summed E-state index contributed by atoms with van der Waals surface area (Å²) in [5.74, 6) is -0.0473. The second kappa shape index (κ2) is 5.17. The molecule has 5 nitrogen and oxygen atoms in total. The first-order valence-electron chi connectivity index (χ1n) is 6.99. The summed E-state index contributed by atoms with van der Waals surface area (Å²) in [6.07, 6.45) is 4.43. The Morgan fingerprint density at radius 3 is 2.89 bits per heavy atom. The van der Waals surface area contributed by atoms with Gasteiger partial charge in [0.15, 0.2) is 0 Å². The largest absolute Gasteiger partial charge is 0.333 e. The van der Waals surface area contributed by atoms with Crippen LogP contribution in [0.4, 0.5) is 0 Å². The van der Waals surface area contributed by atoms with E-state index in [1.54, 1.807) is 12.1 Å². The summed E-state index contributed by atoms with van der Waals surface area (Å²) >= 11 is 0. The van der Waals surface area contributed by atoms with Crippen LogP contribution in [0.2, 0.25) is 0 Å². The number of hydrogen-bond donors (Lipinski definition) is 2. The smallest absolute Gasteiger partial charge is 0.270 e. The maximum Gasteiger partial charge on any atom is 0.270 e. The molecule has 2 fully saturated rings. The number of carbonyl (C=O) groups excluding carboxylic acids is 1. The molecule has 2 saturated heterocycles. The molecule has 19 heavy (non-hydrogen) atoms. The Hall–Kier alpha value is -1.62. The number of H-pyrrole nitrogens is 1. The lowest BCUT2D eigenvalue weighted by atomic mass is 10.0. The van der Waals surface area contributed by atoms with E-state index < -0.39 is 0 Å². The third-order valence-corrected chi connectivity index (χ3v) is 4.12. The summed E-state index contributed by atoms with van der Waals surface area (Å²) in [6, 6.07) is 5.43. The highest BCUT2D eigenvalue weighted by Crippen LogP contribution is 2.25. The van der Waals surface area contributed by atoms with Gasteiger partial charge in [0.25, 0.3) is 5.91 Å². The summed E-state index contributed by atoms with van der Waals surface area (Å²) in [5.41, 5.74) is 0.179. The summed E-state index contributed by atoms with van der Waals surface area (Å²) in [4.78, 5) is 28.4. The maximum absolute atomic E-state index is 12.5. The lowest BCUT2D eigenvalue weighted by Gasteiger charge is -2.29. The van der Waals surface area contributed by atoms with E-state index in [4.69, 9.17) is 0 Å². The van der Waals surface area contributed by atoms with Crippen molar-refractivity contribution < 1.29 is 4.79 Å². The minimum atomic E-state index is -0.222. The summed E-state index contributed by atoms with van der Waals surface area (Å²) in [6.45, 7) is 1.84. The summed E-state index contributed by atoms with van der Waals surface area (Å²) in [5, 5.41) is 3.48. The zero-order chi connectivity index (χ0) is 13.2. The topological polar surface area (TPSA) is 65.2 Å². The fourth-order valence-corrected chi connectivity index (χ4v) is 3.23. The van der Waals surface area contributed by atoms with Crippen molar-refractivity contribution in [3.63, 3.8) is 0 Å². The van der Waals surface area contributed by atoms with Crippen LogP contribution in [0.3, 0.4) is 0 Å². The molecule has 0 aliphatic carbocycles. The van der Waals surface area contributed by atoms with Gasteiger partial charge < -0.3 is 15.2 Å². The first-order valence-corrected chi connectivity index (χ1v) is 6.99. The first kappa shape index (κ1) is 12.4. The number of nitrogens with zero attached hydrogens (tertiary/aromatic N) is 1. The van der Waals surface area contributed by atoms with Crippen LogP contribution in [-0.2, 0) is 0 Å². The van der Waals surface area contributed by atoms with Gasteiger partial charge in [-0.1, -0.05) is 6.07 Å². The van der Waals surface area contributed by atoms with Crippen molar-refractivity contribution in [2.45, 2.75) is 37.8 Å². The van der Waals surface area contributed by atoms with Crippen LogP contribution in [0.25, 0.3) is 0 Å². The quantitative estimate of drug-likeness (QED) is 0.825. The SMILES string of the molecule is O=C(c1cccc(=O)[nH]1)N1CCCC1C1CCCN1. The molecule has 2 aliphatic rings. The van der Waals surface area contributed by atoms with Crippen molar-refractivity contribution in [3.05, 3.63) is 34.2 Å². The van der Waals surface area contributed by atoms with E-state index in [-0.39, 0.29) is 17.5 Å². The second-order valence-electron chi connectivity index (χ2n) is 5.34. The van der Waals surface area contributed by atoms with Gasteiger partial charge >= 0.3 is 0 Å². The van der Waals surface area contributed by atoms with Crippen LogP contribution < -0.4 is 10.9 Å². The van der Waals surface area contributed by atoms with E-state index in [0.29, 0.717) is 11.7 Å². The lowest BCUT2D eigenvalue weighted by molar-refractivity contribution is 0.0705. The van der Waals surface area contributed by atoms with Crippen LogP contribution in [-0.4, -0.2) is 41.0 Å². The van der Waals surface area contributed by atoms with Crippen molar-refractivity contribution in [2.24, 2.45) is 0 Å². The van der Waals surface area contributed by atoms with E-state index in [1.807, 2.05) is 4.90 Å². The zero-order valence-electron chi connectivity index (χ0n) is 10.9. The van der Waals surface area contributed by atoms with Crippen LogP contribution in [0.15, 0.2) is 23.0 Å². The highest BCUT2D eigenvalue weighted by molar-refractivity contribution is 5.92. The predicted molar refractivity (Wildman–Crippen MR) is 72.1 cm³/mol. The van der Waals surface area contributed by atoms with Crippen molar-refractivity contribution in [1.29, 1.82) is 0 Å². The predicted octanol–water partition coefficient (Wildman–Crippen LogP) is 0.732. The van der Waals surface area contributed by atoms with Crippen LogP contribution >= 0.6 is 0 Å². The van der Waals surface area contributed by atoms with Crippen molar-refractivity contribution in [3.8, 4) is 0 Å². The fraction of sp³-hybridized carbons (Fsp3) is 0.571. The molecule has 0 bridgehead atoms. The van der Waals surface area contributed by atoms with Crippen LogP contribution in [0, 0.1) is 0 Å². The van der Waals surface area contributed by atoms with E-state index >= 15 is 0 Å². The molecule has 3 rings (SSSR count). The van der Waals surface area contributed by atoms with Gasteiger partial charge in [-0.3, -0.25) is 9.59 Å². The Morgan fingerprint density at radius 1 is 1.26 bits per heavy atom. The molecular weight excluding hydrogens is 242 g/mol. The molecule has 2 unspecified atom stereocenters. The summed E-state index contributed by atoms with van der Waals surface area (Å²) < 4.78 is 0. The minimum Gasteiger partial charge on any atom is -0.333 e. The number of pyridine rings is 1. The van der Waals surface area contributed by atoms with Crippen molar-refractivity contribution >= 4 is 5.91 Å². The molecule has 0 saturated carbocycles. The standard InChI is InChI=1S/C14H19N3O2/c18-13-7-1-4-11(16-13)14(19)17-9-3-6-12(17)10-5-2-8-15-10/h1,4,7,10,12,15H,2-3,5-6,8-9H2,(H,16,18). The number of likely N-dealkylation sites (tertiary alicyclic amines) is 1. The monoisotopic (exact) mass is 261 g/mol. The molecule has 0 spiro atoms. The molecule has 1 amide bonds. The zero-order valence-corrected chi connectivity index (χ0v) is 10.9. The Morgan fingerprint density at radius 2 is 2.16 bits per heavy atom. The van der Waals surface area contributed by atoms with E-state index in [0.717, 1.165) is 32.4 Å². The van der Waals surface area contributed by atoms with Gasteiger partial charge in [-0.05, 0) is 38.3 Å². The molecule has 2 aliphatic heterocycles. The Labute approximate surface area is 112 Å². The molecule has 5 heteroatoms. The van der Waals surface area contributed by atoms with Gasteiger partial charge in [0.05, 0.1) is 0 Å². The molecule has 0 radical (unpaired) electrons. The second-order valence-corrected chi connectivity index (χ2v) is 5.34. The third-order valence-electron chi connectivity index (χ3n) is 4.12. The van der Waals surface area contributed by atoms with Gasteiger partial charge in [-0.15, -0.1) is 0 Å². The lowest BCUT2D eigenvalue weighted by Crippen LogP contribution is -2.46. The Balaban J connectivity index is 1.80. The molecule has 1 aromatic heterocycles. The maximum atomic E-state index is 12.5. The van der Waals surface area contributed by atoms with E-state index in [2.05, 4.69) is 10.3 Å². The van der Waals surface area contributed by atoms with E-state index in [9.17, 15) is 9.59 Å². The number of rotatable bonds is 2. The van der Waals surface area contributed by atoms with Crippen molar-refractivity contribution in [2.75, 3.05) is 13.1 Å². The average Bonchev–Trinajstić information content (AvgIpc) is 3.08. The van der Waals surface area contributed by atoms with Gasteiger partial charge in [0.1, 0.15) is 5.69 Å². The number of nitrogens with one attached hydrogen (secondary N) is 2. The Bertz CT molecular complexity index is 519. The normalized spacial score (nSPS) is 26.8. The number of carbonyl (C=O) groups is 1. The van der Waals surface area contributed by atoms with Crippen LogP contribution in [0.1, 0.15) is 36.2 Å². The molecule has 1 aromatic rings. The molecule has 2 atom stereocenters. The van der Waals surface area contributed by atoms with Gasteiger partial charge in [-0.2, -0.15) is 0 Å². The fourth-order valence-electron chi connectivity index (χ4n) is 3.23. The minimum absolute atomic E-state index is 0.0473. The number of amides is 1. The van der Waals surface area contributed by atoms with E-state index in [1.165, 1.54) is 12.5 Å². The van der Waals surface area contributed by atoms with Crippen LogP contribution in [0.5, 0.6) is 0 Å². The Kier molecular flexibility index (Phi) is 3.38. The average molecular weight is 261 g/mol.